The molecule has 2 heterocycles. The summed E-state index contributed by atoms with van der Waals surface area (Å²) in [5.74, 6) is -0.504. The number of rotatable bonds is 6. The average molecular weight is 447 g/mol. The van der Waals surface area contributed by atoms with Crippen molar-refractivity contribution in [2.24, 2.45) is 0 Å². The number of aromatic amines is 1. The van der Waals surface area contributed by atoms with Crippen molar-refractivity contribution in [3.63, 3.8) is 0 Å². The van der Waals surface area contributed by atoms with E-state index < -0.39 is 17.7 Å². The zero-order valence-corrected chi connectivity index (χ0v) is 19.7. The van der Waals surface area contributed by atoms with Gasteiger partial charge < -0.3 is 19.7 Å². The highest BCUT2D eigenvalue weighted by molar-refractivity contribution is 6.08. The third-order valence-electron chi connectivity index (χ3n) is 6.37. The number of aliphatic hydroxyl groups excluding tert-OH is 1. The molecule has 0 radical (unpaired) electrons. The Labute approximate surface area is 193 Å². The maximum Gasteiger partial charge on any atom is 0.290 e. The van der Waals surface area contributed by atoms with Gasteiger partial charge in [0.15, 0.2) is 11.5 Å². The lowest BCUT2D eigenvalue weighted by Gasteiger charge is -2.27. The van der Waals surface area contributed by atoms with E-state index in [1.54, 1.807) is 12.0 Å². The van der Waals surface area contributed by atoms with Gasteiger partial charge in [-0.05, 0) is 53.6 Å². The van der Waals surface area contributed by atoms with E-state index in [0.717, 1.165) is 33.3 Å². The summed E-state index contributed by atoms with van der Waals surface area (Å²) >= 11 is 0. The maximum absolute atomic E-state index is 13.0. The van der Waals surface area contributed by atoms with Crippen molar-refractivity contribution in [2.45, 2.75) is 45.6 Å². The number of benzene rings is 2. The van der Waals surface area contributed by atoms with Gasteiger partial charge >= 0.3 is 0 Å². The topological polar surface area (TPSA) is 82.6 Å². The SMILES string of the molecule is COc1ccc2[nH]cc(CCN3C(=O)C(O)=C(C(C)=O)[C@H]3c3ccc(C(C)(C)C)cc3)c2c1. The van der Waals surface area contributed by atoms with Gasteiger partial charge in [-0.3, -0.25) is 9.59 Å². The van der Waals surface area contributed by atoms with Crippen LogP contribution in [0.1, 0.15) is 50.4 Å². The molecule has 3 aromatic rings. The lowest BCUT2D eigenvalue weighted by Crippen LogP contribution is -2.33. The van der Waals surface area contributed by atoms with Crippen LogP contribution >= 0.6 is 0 Å². The molecule has 33 heavy (non-hydrogen) atoms. The van der Waals surface area contributed by atoms with Crippen LogP contribution in [0.25, 0.3) is 10.9 Å². The number of Topliss-reactive ketones (excluding diaryl/α,β-unsaturated/α-hetero) is 1. The van der Waals surface area contributed by atoms with Crippen LogP contribution in [0.3, 0.4) is 0 Å². The van der Waals surface area contributed by atoms with E-state index in [9.17, 15) is 14.7 Å². The summed E-state index contributed by atoms with van der Waals surface area (Å²) in [6, 6.07) is 13.2. The maximum atomic E-state index is 13.0. The first kappa shape index (κ1) is 22.6. The highest BCUT2D eigenvalue weighted by Crippen LogP contribution is 2.38. The molecule has 2 aromatic carbocycles. The second-order valence-electron chi connectivity index (χ2n) is 9.57. The van der Waals surface area contributed by atoms with E-state index in [1.165, 1.54) is 6.92 Å². The molecule has 6 nitrogen and oxygen atoms in total. The zero-order valence-electron chi connectivity index (χ0n) is 19.7. The highest BCUT2D eigenvalue weighted by atomic mass is 16.5. The molecule has 0 spiro atoms. The lowest BCUT2D eigenvalue weighted by molar-refractivity contribution is -0.129. The molecule has 0 saturated heterocycles. The predicted octanol–water partition coefficient (Wildman–Crippen LogP) is 5.00. The fourth-order valence-electron chi connectivity index (χ4n) is 4.49. The molecule has 0 fully saturated rings. The first-order valence-electron chi connectivity index (χ1n) is 11.1. The molecule has 1 amide bonds. The third kappa shape index (κ3) is 4.13. The molecule has 1 aromatic heterocycles. The van der Waals surface area contributed by atoms with Gasteiger partial charge in [-0.25, -0.2) is 0 Å². The number of carbonyl (C=O) groups is 2. The summed E-state index contributed by atoms with van der Waals surface area (Å²) in [5, 5.41) is 11.6. The number of nitrogens with zero attached hydrogens (tertiary/aromatic N) is 1. The molecule has 0 bridgehead atoms. The van der Waals surface area contributed by atoms with Gasteiger partial charge in [-0.15, -0.1) is 0 Å². The summed E-state index contributed by atoms with van der Waals surface area (Å²) in [6.45, 7) is 8.16. The summed E-state index contributed by atoms with van der Waals surface area (Å²) in [7, 11) is 1.63. The van der Waals surface area contributed by atoms with Gasteiger partial charge in [0, 0.05) is 23.6 Å². The number of H-pyrrole nitrogens is 1. The number of nitrogens with one attached hydrogen (secondary N) is 1. The van der Waals surface area contributed by atoms with Gasteiger partial charge in [0.25, 0.3) is 5.91 Å². The van der Waals surface area contributed by atoms with E-state index in [0.29, 0.717) is 13.0 Å². The number of ketones is 1. The number of aromatic nitrogens is 1. The van der Waals surface area contributed by atoms with Crippen molar-refractivity contribution in [3.05, 3.63) is 76.7 Å². The third-order valence-corrected chi connectivity index (χ3v) is 6.37. The quantitative estimate of drug-likeness (QED) is 0.558. The number of hydrogen-bond donors (Lipinski definition) is 2. The van der Waals surface area contributed by atoms with Gasteiger partial charge in [-0.2, -0.15) is 0 Å². The summed E-state index contributed by atoms with van der Waals surface area (Å²) in [4.78, 5) is 30.3. The molecule has 0 saturated carbocycles. The smallest absolute Gasteiger partial charge is 0.290 e. The molecule has 172 valence electrons. The van der Waals surface area contributed by atoms with E-state index in [1.807, 2.05) is 48.7 Å². The fourth-order valence-corrected chi connectivity index (χ4v) is 4.49. The minimum atomic E-state index is -0.608. The minimum absolute atomic E-state index is 0.0124. The molecule has 4 rings (SSSR count). The normalized spacial score (nSPS) is 16.7. The van der Waals surface area contributed by atoms with Gasteiger partial charge in [0.2, 0.25) is 0 Å². The molecule has 6 heteroatoms. The van der Waals surface area contributed by atoms with Crippen LogP contribution in [0, 0.1) is 0 Å². The molecule has 1 atom stereocenters. The summed E-state index contributed by atoms with van der Waals surface area (Å²) in [5.41, 5.74) is 4.14. The van der Waals surface area contributed by atoms with Crippen molar-refractivity contribution in [1.29, 1.82) is 0 Å². The lowest BCUT2D eigenvalue weighted by atomic mass is 9.85. The van der Waals surface area contributed by atoms with Crippen LogP contribution in [0.15, 0.2) is 60.0 Å². The number of carbonyl (C=O) groups excluding carboxylic acids is 2. The summed E-state index contributed by atoms with van der Waals surface area (Å²) in [6.07, 6.45) is 2.49. The Morgan fingerprint density at radius 3 is 2.45 bits per heavy atom. The first-order valence-corrected chi connectivity index (χ1v) is 11.1. The monoisotopic (exact) mass is 446 g/mol. The van der Waals surface area contributed by atoms with E-state index in [4.69, 9.17) is 4.74 Å². The number of amides is 1. The summed E-state index contributed by atoms with van der Waals surface area (Å²) < 4.78 is 5.35. The van der Waals surface area contributed by atoms with E-state index in [-0.39, 0.29) is 16.8 Å². The van der Waals surface area contributed by atoms with Crippen LogP contribution in [0.2, 0.25) is 0 Å². The van der Waals surface area contributed by atoms with E-state index >= 15 is 0 Å². The predicted molar refractivity (Wildman–Crippen MR) is 128 cm³/mol. The van der Waals surface area contributed by atoms with Crippen molar-refractivity contribution >= 4 is 22.6 Å². The van der Waals surface area contributed by atoms with Crippen LogP contribution in [0.5, 0.6) is 5.75 Å². The number of aliphatic hydroxyl groups is 1. The largest absolute Gasteiger partial charge is 0.503 e. The van der Waals surface area contributed by atoms with Crippen LogP contribution in [-0.2, 0) is 21.4 Å². The average Bonchev–Trinajstić information content (AvgIpc) is 3.29. The molecule has 0 aliphatic carbocycles. The number of fused-ring (bicyclic) bond motifs is 1. The Morgan fingerprint density at radius 1 is 1.15 bits per heavy atom. The molecular weight excluding hydrogens is 416 g/mol. The second kappa shape index (κ2) is 8.43. The molecule has 2 N–H and O–H groups in total. The van der Waals surface area contributed by atoms with Crippen molar-refractivity contribution in [2.75, 3.05) is 13.7 Å². The fraction of sp³-hybridized carbons (Fsp3) is 0.333. The van der Waals surface area contributed by atoms with Gasteiger partial charge in [0.05, 0.1) is 18.7 Å². The number of ether oxygens (including phenoxy) is 1. The molecule has 1 aliphatic heterocycles. The Balaban J connectivity index is 1.66. The Hall–Kier alpha value is -3.54. The Morgan fingerprint density at radius 2 is 1.85 bits per heavy atom. The number of hydrogen-bond acceptors (Lipinski definition) is 4. The zero-order chi connectivity index (χ0) is 23.9. The molecule has 1 aliphatic rings. The second-order valence-corrected chi connectivity index (χ2v) is 9.57. The van der Waals surface area contributed by atoms with Crippen molar-refractivity contribution in [3.8, 4) is 5.75 Å². The van der Waals surface area contributed by atoms with Gasteiger partial charge in [-0.1, -0.05) is 45.0 Å². The van der Waals surface area contributed by atoms with Crippen molar-refractivity contribution < 1.29 is 19.4 Å². The number of methoxy groups -OCH3 is 1. The van der Waals surface area contributed by atoms with Crippen LogP contribution < -0.4 is 4.74 Å². The van der Waals surface area contributed by atoms with Crippen LogP contribution in [0.4, 0.5) is 0 Å². The Kier molecular flexibility index (Phi) is 5.78. The standard InChI is InChI=1S/C27H30N2O4/c1-16(30)23-24(17-6-8-19(9-7-17)27(2,3)4)29(26(32)25(23)31)13-12-18-15-28-22-11-10-20(33-5)14-21(18)22/h6-11,14-15,24,28,31H,12-13H2,1-5H3/t24-/m1/s1. The first-order chi connectivity index (χ1) is 15.6. The Bertz CT molecular complexity index is 1250. The highest BCUT2D eigenvalue weighted by Gasteiger charge is 2.42. The van der Waals surface area contributed by atoms with Gasteiger partial charge in [0.1, 0.15) is 5.75 Å². The molecular formula is C27H30N2O4. The minimum Gasteiger partial charge on any atom is -0.503 e. The van der Waals surface area contributed by atoms with Crippen LogP contribution in [-0.4, -0.2) is 40.3 Å². The van der Waals surface area contributed by atoms with E-state index in [2.05, 4.69) is 25.8 Å². The molecule has 0 unspecified atom stereocenters. The van der Waals surface area contributed by atoms with Crippen molar-refractivity contribution in [1.82, 2.24) is 9.88 Å².